The maximum Gasteiger partial charge on any atom is 0.276 e. The van der Waals surface area contributed by atoms with E-state index in [0.29, 0.717) is 24.2 Å². The van der Waals surface area contributed by atoms with E-state index in [-0.39, 0.29) is 23.7 Å². The molecule has 5 rings (SSSR count). The van der Waals surface area contributed by atoms with Gasteiger partial charge in [0.05, 0.1) is 0 Å². The zero-order valence-electron chi connectivity index (χ0n) is 16.0. The second-order valence-corrected chi connectivity index (χ2v) is 8.58. The van der Waals surface area contributed by atoms with Crippen LogP contribution in [0.2, 0.25) is 0 Å². The van der Waals surface area contributed by atoms with Gasteiger partial charge in [-0.15, -0.1) is 12.4 Å². The van der Waals surface area contributed by atoms with Crippen molar-refractivity contribution in [3.63, 3.8) is 0 Å². The number of halogens is 1. The molecule has 1 unspecified atom stereocenters. The minimum absolute atomic E-state index is 0. The number of piperidine rings is 1. The quantitative estimate of drug-likeness (QED) is 0.643. The number of rotatable bonds is 5. The average molecular weight is 430 g/mol. The van der Waals surface area contributed by atoms with Gasteiger partial charge in [0.25, 0.3) is 5.91 Å². The molecule has 5 nitrogen and oxygen atoms in total. The molecule has 1 amide bonds. The van der Waals surface area contributed by atoms with E-state index in [1.165, 1.54) is 11.8 Å². The minimum atomic E-state index is -0.0301. The van der Waals surface area contributed by atoms with Gasteiger partial charge >= 0.3 is 0 Å². The summed E-state index contributed by atoms with van der Waals surface area (Å²) < 4.78 is 5.63. The third-order valence-corrected chi connectivity index (χ3v) is 6.79. The summed E-state index contributed by atoms with van der Waals surface area (Å²) in [5, 5.41) is 7.62. The van der Waals surface area contributed by atoms with Crippen LogP contribution in [0.5, 0.6) is 0 Å². The maximum atomic E-state index is 13.4. The van der Waals surface area contributed by atoms with E-state index >= 15 is 0 Å². The summed E-state index contributed by atoms with van der Waals surface area (Å²) in [7, 11) is 0. The molecule has 152 valence electrons. The molecule has 1 N–H and O–H groups in total. The van der Waals surface area contributed by atoms with Crippen LogP contribution in [0.1, 0.15) is 35.3 Å². The fraction of sp³-hybridized carbons (Fsp3) is 0.364. The second kappa shape index (κ2) is 8.30. The Hall–Kier alpha value is -2.15. The zero-order valence-corrected chi connectivity index (χ0v) is 17.7. The largest absolute Gasteiger partial charge is 0.444 e. The highest BCUT2D eigenvalue weighted by Crippen LogP contribution is 2.56. The van der Waals surface area contributed by atoms with Crippen LogP contribution < -0.4 is 5.32 Å². The molecule has 0 bridgehead atoms. The number of nitrogens with zero attached hydrogens (tertiary/aromatic N) is 2. The number of hydrogen-bond acceptors (Lipinski definition) is 5. The van der Waals surface area contributed by atoms with E-state index < -0.39 is 0 Å². The lowest BCUT2D eigenvalue weighted by atomic mass is 9.93. The molecule has 2 fully saturated rings. The summed E-state index contributed by atoms with van der Waals surface area (Å²) in [5.41, 5.74) is 2.74. The Bertz CT molecular complexity index is 952. The van der Waals surface area contributed by atoms with Crippen molar-refractivity contribution >= 4 is 29.7 Å². The van der Waals surface area contributed by atoms with Gasteiger partial charge in [-0.2, -0.15) is 11.3 Å². The Kier molecular flexibility index (Phi) is 5.76. The summed E-state index contributed by atoms with van der Waals surface area (Å²) in [6.45, 7) is 2.72. The smallest absolute Gasteiger partial charge is 0.276 e. The Morgan fingerprint density at radius 2 is 2.03 bits per heavy atom. The van der Waals surface area contributed by atoms with Gasteiger partial charge in [-0.05, 0) is 72.3 Å². The first-order valence-corrected chi connectivity index (χ1v) is 10.7. The Balaban J connectivity index is 0.00000205. The van der Waals surface area contributed by atoms with Crippen molar-refractivity contribution < 1.29 is 9.21 Å². The van der Waals surface area contributed by atoms with E-state index in [0.717, 1.165) is 37.9 Å². The van der Waals surface area contributed by atoms with Crippen LogP contribution >= 0.6 is 23.7 Å². The van der Waals surface area contributed by atoms with E-state index in [4.69, 9.17) is 4.42 Å². The number of aromatic nitrogens is 1. The second-order valence-electron chi connectivity index (χ2n) is 7.80. The highest BCUT2D eigenvalue weighted by atomic mass is 35.5. The summed E-state index contributed by atoms with van der Waals surface area (Å²) in [6.07, 6.45) is 4.87. The number of benzene rings is 1. The van der Waals surface area contributed by atoms with Gasteiger partial charge in [0.2, 0.25) is 5.89 Å². The summed E-state index contributed by atoms with van der Waals surface area (Å²) in [4.78, 5) is 19.9. The van der Waals surface area contributed by atoms with Crippen molar-refractivity contribution in [3.8, 4) is 11.5 Å². The minimum Gasteiger partial charge on any atom is -0.444 e. The first kappa shape index (κ1) is 20.1. The predicted octanol–water partition coefficient (Wildman–Crippen LogP) is 4.61. The predicted molar refractivity (Wildman–Crippen MR) is 116 cm³/mol. The average Bonchev–Trinajstić information content (AvgIpc) is 3.16. The summed E-state index contributed by atoms with van der Waals surface area (Å²) in [5.74, 6) is 0.462. The number of hydrogen-bond donors (Lipinski definition) is 1. The van der Waals surface area contributed by atoms with Crippen molar-refractivity contribution in [3.05, 3.63) is 64.7 Å². The van der Waals surface area contributed by atoms with Crippen LogP contribution in [0, 0.1) is 5.41 Å². The molecule has 3 heterocycles. The summed E-state index contributed by atoms with van der Waals surface area (Å²) in [6, 6.07) is 12.1. The third kappa shape index (κ3) is 3.97. The lowest BCUT2D eigenvalue weighted by molar-refractivity contribution is 0.0686. The summed E-state index contributed by atoms with van der Waals surface area (Å²) >= 11 is 1.67. The van der Waals surface area contributed by atoms with Gasteiger partial charge < -0.3 is 14.6 Å². The zero-order chi connectivity index (χ0) is 19.0. The van der Waals surface area contributed by atoms with Crippen molar-refractivity contribution in [2.24, 2.45) is 5.41 Å². The van der Waals surface area contributed by atoms with E-state index in [2.05, 4.69) is 27.1 Å². The molecule has 7 heteroatoms. The molecule has 1 saturated carbocycles. The maximum absolute atomic E-state index is 13.4. The van der Waals surface area contributed by atoms with Gasteiger partial charge in [0.15, 0.2) is 5.69 Å². The Morgan fingerprint density at radius 3 is 2.76 bits per heavy atom. The molecule has 0 radical (unpaired) electrons. The molecule has 1 spiro atoms. The molecule has 1 saturated heterocycles. The van der Waals surface area contributed by atoms with E-state index in [9.17, 15) is 4.79 Å². The fourth-order valence-corrected chi connectivity index (χ4v) is 5.02. The third-order valence-electron chi connectivity index (χ3n) is 6.06. The molecule has 3 aromatic rings. The van der Waals surface area contributed by atoms with Crippen molar-refractivity contribution in [1.29, 1.82) is 0 Å². The van der Waals surface area contributed by atoms with Crippen LogP contribution in [0.25, 0.3) is 11.5 Å². The number of thiophene rings is 1. The molecule has 1 aliphatic heterocycles. The highest BCUT2D eigenvalue weighted by molar-refractivity contribution is 7.07. The van der Waals surface area contributed by atoms with Gasteiger partial charge in [0, 0.05) is 18.2 Å². The molecule has 1 atom stereocenters. The molecule has 29 heavy (non-hydrogen) atoms. The molecule has 1 aliphatic carbocycles. The molecule has 1 aromatic carbocycles. The topological polar surface area (TPSA) is 58.4 Å². The number of amides is 1. The van der Waals surface area contributed by atoms with Crippen LogP contribution in [0.15, 0.2) is 57.8 Å². The number of nitrogens with one attached hydrogen (secondary N) is 1. The van der Waals surface area contributed by atoms with Gasteiger partial charge in [0.1, 0.15) is 6.26 Å². The molecular weight excluding hydrogens is 406 g/mol. The normalized spacial score (nSPS) is 19.5. The monoisotopic (exact) mass is 429 g/mol. The Morgan fingerprint density at radius 1 is 1.24 bits per heavy atom. The lowest BCUT2D eigenvalue weighted by Crippen LogP contribution is -2.39. The molecule has 2 aromatic heterocycles. The standard InChI is InChI=1S/C22H23N3O2S.ClH/c26-21(18-14-27-20(24-18)17-4-2-1-3-5-17)25(13-16-6-11-28-15-16)19-12-22(19)7-9-23-10-8-22;/h1-6,11,14-15,19,23H,7-10,12-13H2;1H. The highest BCUT2D eigenvalue weighted by Gasteiger charge is 2.58. The van der Waals surface area contributed by atoms with Crippen molar-refractivity contribution in [2.45, 2.75) is 31.8 Å². The SMILES string of the molecule is Cl.O=C(c1coc(-c2ccccc2)n1)N(Cc1ccsc1)C1CC12CCNCC2. The van der Waals surface area contributed by atoms with Crippen LogP contribution in [0.3, 0.4) is 0 Å². The Labute approximate surface area is 180 Å². The van der Waals surface area contributed by atoms with Gasteiger partial charge in [-0.3, -0.25) is 4.79 Å². The van der Waals surface area contributed by atoms with Crippen LogP contribution in [-0.4, -0.2) is 34.9 Å². The first-order chi connectivity index (χ1) is 13.8. The van der Waals surface area contributed by atoms with Crippen LogP contribution in [-0.2, 0) is 6.54 Å². The molecular formula is C22H24ClN3O2S. The number of carbonyl (C=O) groups excluding carboxylic acids is 1. The van der Waals surface area contributed by atoms with Gasteiger partial charge in [-0.1, -0.05) is 18.2 Å². The lowest BCUT2D eigenvalue weighted by Gasteiger charge is -2.29. The van der Waals surface area contributed by atoms with E-state index in [1.807, 2.05) is 35.2 Å². The van der Waals surface area contributed by atoms with E-state index in [1.54, 1.807) is 11.3 Å². The number of carbonyl (C=O) groups is 1. The molecule has 2 aliphatic rings. The van der Waals surface area contributed by atoms with Crippen LogP contribution in [0.4, 0.5) is 0 Å². The fourth-order valence-electron chi connectivity index (χ4n) is 4.36. The van der Waals surface area contributed by atoms with Gasteiger partial charge in [-0.25, -0.2) is 4.98 Å². The number of oxazole rings is 1. The van der Waals surface area contributed by atoms with Crippen molar-refractivity contribution in [2.75, 3.05) is 13.1 Å². The first-order valence-electron chi connectivity index (χ1n) is 9.79. The van der Waals surface area contributed by atoms with Crippen molar-refractivity contribution in [1.82, 2.24) is 15.2 Å².